The summed E-state index contributed by atoms with van der Waals surface area (Å²) in [6.45, 7) is 3.27. The fraction of sp³-hybridized carbons (Fsp3) is 0.350. The molecule has 0 radical (unpaired) electrons. The van der Waals surface area contributed by atoms with Crippen LogP contribution in [0.1, 0.15) is 19.8 Å². The SMILES string of the molecule is CC(Sc1nnc(-c2cccs2)n1CC1CCCO1)C(=O)Nc1cccc(Cl)c1Cl. The summed E-state index contributed by atoms with van der Waals surface area (Å²) in [6.07, 6.45) is 2.20. The predicted molar refractivity (Wildman–Crippen MR) is 123 cm³/mol. The van der Waals surface area contributed by atoms with Crippen LogP contribution in [0.5, 0.6) is 0 Å². The van der Waals surface area contributed by atoms with Gasteiger partial charge in [0.1, 0.15) is 0 Å². The molecule has 1 aromatic carbocycles. The number of carbonyl (C=O) groups is 1. The second-order valence-electron chi connectivity index (χ2n) is 6.88. The van der Waals surface area contributed by atoms with E-state index < -0.39 is 5.25 Å². The zero-order valence-electron chi connectivity index (χ0n) is 16.2. The molecular formula is C20H20Cl2N4O2S2. The summed E-state index contributed by atoms with van der Waals surface area (Å²) in [6, 6.07) is 9.15. The number of halogens is 2. The zero-order chi connectivity index (χ0) is 21.1. The van der Waals surface area contributed by atoms with Crippen molar-refractivity contribution in [2.75, 3.05) is 11.9 Å². The van der Waals surface area contributed by atoms with Crippen molar-refractivity contribution in [2.45, 2.75) is 42.8 Å². The van der Waals surface area contributed by atoms with Crippen LogP contribution in [0.2, 0.25) is 10.0 Å². The number of amides is 1. The third kappa shape index (κ3) is 4.84. The summed E-state index contributed by atoms with van der Waals surface area (Å²) < 4.78 is 7.88. The van der Waals surface area contributed by atoms with Gasteiger partial charge in [-0.05, 0) is 43.3 Å². The smallest absolute Gasteiger partial charge is 0.237 e. The summed E-state index contributed by atoms with van der Waals surface area (Å²) >= 11 is 15.2. The quantitative estimate of drug-likeness (QED) is 0.443. The van der Waals surface area contributed by atoms with Crippen LogP contribution < -0.4 is 5.32 Å². The molecule has 2 atom stereocenters. The van der Waals surface area contributed by atoms with Gasteiger partial charge in [0.15, 0.2) is 11.0 Å². The highest BCUT2D eigenvalue weighted by atomic mass is 35.5. The van der Waals surface area contributed by atoms with Crippen LogP contribution in [0.15, 0.2) is 40.9 Å². The molecule has 3 heterocycles. The van der Waals surface area contributed by atoms with E-state index in [1.807, 2.05) is 24.4 Å². The van der Waals surface area contributed by atoms with Gasteiger partial charge in [0.05, 0.1) is 38.5 Å². The molecule has 0 spiro atoms. The number of hydrogen-bond donors (Lipinski definition) is 1. The Labute approximate surface area is 192 Å². The Kier molecular flexibility index (Phi) is 7.00. The number of hydrogen-bond acceptors (Lipinski definition) is 6. The third-order valence-electron chi connectivity index (χ3n) is 4.73. The van der Waals surface area contributed by atoms with Gasteiger partial charge in [0.25, 0.3) is 0 Å². The lowest BCUT2D eigenvalue weighted by atomic mass is 10.2. The van der Waals surface area contributed by atoms with Crippen molar-refractivity contribution in [3.63, 3.8) is 0 Å². The van der Waals surface area contributed by atoms with Gasteiger partial charge in [-0.25, -0.2) is 0 Å². The number of benzene rings is 1. The number of thioether (sulfide) groups is 1. The number of carbonyl (C=O) groups excluding carboxylic acids is 1. The Balaban J connectivity index is 1.52. The number of thiophene rings is 1. The monoisotopic (exact) mass is 482 g/mol. The first-order valence-corrected chi connectivity index (χ1v) is 12.0. The lowest BCUT2D eigenvalue weighted by molar-refractivity contribution is -0.115. The van der Waals surface area contributed by atoms with Gasteiger partial charge in [-0.1, -0.05) is 47.1 Å². The first kappa shape index (κ1) is 21.6. The molecule has 6 nitrogen and oxygen atoms in total. The number of nitrogens with one attached hydrogen (secondary N) is 1. The molecule has 1 fully saturated rings. The first-order chi connectivity index (χ1) is 14.5. The van der Waals surface area contributed by atoms with Crippen molar-refractivity contribution in [1.82, 2.24) is 14.8 Å². The van der Waals surface area contributed by atoms with E-state index in [9.17, 15) is 4.79 Å². The number of ether oxygens (including phenoxy) is 1. The first-order valence-electron chi connectivity index (χ1n) is 9.53. The zero-order valence-corrected chi connectivity index (χ0v) is 19.3. The molecule has 30 heavy (non-hydrogen) atoms. The highest BCUT2D eigenvalue weighted by Crippen LogP contribution is 2.33. The second kappa shape index (κ2) is 9.70. The van der Waals surface area contributed by atoms with Gasteiger partial charge in [-0.3, -0.25) is 9.36 Å². The summed E-state index contributed by atoms with van der Waals surface area (Å²) in [4.78, 5) is 13.8. The Morgan fingerprint density at radius 1 is 1.37 bits per heavy atom. The lowest BCUT2D eigenvalue weighted by Gasteiger charge is -2.16. The average Bonchev–Trinajstić information content (AvgIpc) is 3.49. The maximum atomic E-state index is 12.8. The normalized spacial score (nSPS) is 17.2. The van der Waals surface area contributed by atoms with E-state index in [1.54, 1.807) is 29.5 Å². The summed E-state index contributed by atoms with van der Waals surface area (Å²) in [7, 11) is 0. The van der Waals surface area contributed by atoms with Gasteiger partial charge in [0, 0.05) is 6.61 Å². The molecule has 1 saturated heterocycles. The van der Waals surface area contributed by atoms with Crippen LogP contribution in [0.3, 0.4) is 0 Å². The molecule has 158 valence electrons. The molecule has 1 aliphatic heterocycles. The molecule has 10 heteroatoms. The van der Waals surface area contributed by atoms with Crippen molar-refractivity contribution in [1.29, 1.82) is 0 Å². The van der Waals surface area contributed by atoms with Gasteiger partial charge in [-0.15, -0.1) is 21.5 Å². The van der Waals surface area contributed by atoms with Crippen LogP contribution in [-0.4, -0.2) is 38.6 Å². The van der Waals surface area contributed by atoms with Crippen molar-refractivity contribution in [2.24, 2.45) is 0 Å². The number of anilines is 1. The molecule has 2 unspecified atom stereocenters. The molecular weight excluding hydrogens is 463 g/mol. The van der Waals surface area contributed by atoms with Crippen LogP contribution in [0, 0.1) is 0 Å². The van der Waals surface area contributed by atoms with E-state index in [1.165, 1.54) is 11.8 Å². The Hall–Kier alpha value is -1.58. The molecule has 2 aromatic heterocycles. The lowest BCUT2D eigenvalue weighted by Crippen LogP contribution is -2.24. The minimum atomic E-state index is -0.413. The number of nitrogens with zero attached hydrogens (tertiary/aromatic N) is 3. The van der Waals surface area contributed by atoms with Crippen LogP contribution in [0.25, 0.3) is 10.7 Å². The maximum absolute atomic E-state index is 12.8. The van der Waals surface area contributed by atoms with Crippen molar-refractivity contribution >= 4 is 57.9 Å². The fourth-order valence-corrected chi connectivity index (χ4v) is 5.09. The van der Waals surface area contributed by atoms with E-state index in [-0.39, 0.29) is 12.0 Å². The van der Waals surface area contributed by atoms with E-state index >= 15 is 0 Å². The second-order valence-corrected chi connectivity index (χ2v) is 9.92. The molecule has 0 saturated carbocycles. The maximum Gasteiger partial charge on any atom is 0.237 e. The number of aromatic nitrogens is 3. The molecule has 1 N–H and O–H groups in total. The summed E-state index contributed by atoms with van der Waals surface area (Å²) in [5, 5.41) is 14.6. The van der Waals surface area contributed by atoms with E-state index in [0.29, 0.717) is 27.4 Å². The Morgan fingerprint density at radius 2 is 2.23 bits per heavy atom. The molecule has 1 amide bonds. The van der Waals surface area contributed by atoms with Gasteiger partial charge in [-0.2, -0.15) is 0 Å². The van der Waals surface area contributed by atoms with Crippen LogP contribution >= 0.6 is 46.3 Å². The molecule has 3 aromatic rings. The van der Waals surface area contributed by atoms with E-state index in [4.69, 9.17) is 27.9 Å². The van der Waals surface area contributed by atoms with Crippen LogP contribution in [0.4, 0.5) is 5.69 Å². The molecule has 0 aliphatic carbocycles. The topological polar surface area (TPSA) is 69.0 Å². The van der Waals surface area contributed by atoms with Crippen LogP contribution in [-0.2, 0) is 16.1 Å². The molecule has 0 bridgehead atoms. The predicted octanol–water partition coefficient (Wildman–Crippen LogP) is 5.61. The molecule has 4 rings (SSSR count). The summed E-state index contributed by atoms with van der Waals surface area (Å²) in [5.74, 6) is 0.613. The third-order valence-corrected chi connectivity index (χ3v) is 7.49. The largest absolute Gasteiger partial charge is 0.376 e. The van der Waals surface area contributed by atoms with Crippen molar-refractivity contribution < 1.29 is 9.53 Å². The standard InChI is InChI=1S/C20H20Cl2N4O2S2/c1-12(19(27)23-15-7-2-6-14(21)17(15)22)30-20-25-24-18(16-8-4-10-29-16)26(20)11-13-5-3-9-28-13/h2,4,6-8,10,12-13H,3,5,9,11H2,1H3,(H,23,27). The van der Waals surface area contributed by atoms with Gasteiger partial charge in [0.2, 0.25) is 5.91 Å². The fourth-order valence-electron chi connectivity index (χ4n) is 3.17. The minimum absolute atomic E-state index is 0.133. The Bertz CT molecular complexity index is 1020. The summed E-state index contributed by atoms with van der Waals surface area (Å²) in [5.41, 5.74) is 0.488. The highest BCUT2D eigenvalue weighted by molar-refractivity contribution is 8.00. The van der Waals surface area contributed by atoms with Gasteiger partial charge < -0.3 is 10.1 Å². The minimum Gasteiger partial charge on any atom is -0.376 e. The van der Waals surface area contributed by atoms with E-state index in [2.05, 4.69) is 20.1 Å². The Morgan fingerprint density at radius 3 is 2.97 bits per heavy atom. The van der Waals surface area contributed by atoms with Crippen molar-refractivity contribution in [3.8, 4) is 10.7 Å². The van der Waals surface area contributed by atoms with E-state index in [0.717, 1.165) is 30.2 Å². The number of rotatable bonds is 7. The van der Waals surface area contributed by atoms with Crippen molar-refractivity contribution in [3.05, 3.63) is 45.8 Å². The average molecular weight is 483 g/mol. The van der Waals surface area contributed by atoms with Gasteiger partial charge >= 0.3 is 0 Å². The molecule has 1 aliphatic rings. The highest BCUT2D eigenvalue weighted by Gasteiger charge is 2.25.